The van der Waals surface area contributed by atoms with Crippen LogP contribution in [0.25, 0.3) is 0 Å². The standard InChI is InChI=1S/C13H14N4O3/c1-9-12(17(19)20)11(15-14-9)13(18)16(2)8-10-6-4-3-5-7-10/h3-7H,8H2,1-2H3,(H,14,15). The lowest BCUT2D eigenvalue weighted by Gasteiger charge is -2.15. The molecule has 7 heteroatoms. The summed E-state index contributed by atoms with van der Waals surface area (Å²) < 4.78 is 0. The Bertz CT molecular complexity index is 636. The lowest BCUT2D eigenvalue weighted by Crippen LogP contribution is -2.27. The van der Waals surface area contributed by atoms with Gasteiger partial charge in [-0.15, -0.1) is 0 Å². The number of hydrogen-bond acceptors (Lipinski definition) is 4. The molecule has 0 aliphatic rings. The van der Waals surface area contributed by atoms with Gasteiger partial charge in [-0.2, -0.15) is 5.10 Å². The maximum absolute atomic E-state index is 12.2. The number of nitro groups is 1. The second-order valence-electron chi connectivity index (χ2n) is 4.45. The zero-order valence-electron chi connectivity index (χ0n) is 11.2. The number of nitrogens with one attached hydrogen (secondary N) is 1. The third-order valence-corrected chi connectivity index (χ3v) is 2.91. The molecule has 0 saturated carbocycles. The summed E-state index contributed by atoms with van der Waals surface area (Å²) in [5.41, 5.74) is 0.783. The van der Waals surface area contributed by atoms with Crippen molar-refractivity contribution >= 4 is 11.6 Å². The Balaban J connectivity index is 2.21. The first-order chi connectivity index (χ1) is 9.50. The summed E-state index contributed by atoms with van der Waals surface area (Å²) in [7, 11) is 1.59. The first-order valence-electron chi connectivity index (χ1n) is 5.99. The van der Waals surface area contributed by atoms with Crippen molar-refractivity contribution in [3.05, 3.63) is 57.4 Å². The molecule has 20 heavy (non-hydrogen) atoms. The summed E-state index contributed by atoms with van der Waals surface area (Å²) in [6, 6.07) is 9.39. The number of rotatable bonds is 4. The number of aryl methyl sites for hydroxylation is 1. The molecule has 0 radical (unpaired) electrons. The van der Waals surface area contributed by atoms with E-state index in [9.17, 15) is 14.9 Å². The number of carbonyl (C=O) groups excluding carboxylic acids is 1. The van der Waals surface area contributed by atoms with Crippen LogP contribution in [0.1, 0.15) is 21.7 Å². The highest BCUT2D eigenvalue weighted by molar-refractivity contribution is 5.96. The van der Waals surface area contributed by atoms with Gasteiger partial charge >= 0.3 is 5.69 Å². The van der Waals surface area contributed by atoms with Gasteiger partial charge in [0.15, 0.2) is 0 Å². The quantitative estimate of drug-likeness (QED) is 0.680. The van der Waals surface area contributed by atoms with Gasteiger partial charge in [0, 0.05) is 13.6 Å². The van der Waals surface area contributed by atoms with Crippen molar-refractivity contribution in [2.45, 2.75) is 13.5 Å². The monoisotopic (exact) mass is 274 g/mol. The first-order valence-corrected chi connectivity index (χ1v) is 5.99. The Morgan fingerprint density at radius 3 is 2.65 bits per heavy atom. The Hall–Kier alpha value is -2.70. The van der Waals surface area contributed by atoms with Crippen LogP contribution in [-0.4, -0.2) is 33.0 Å². The molecule has 0 fully saturated rings. The van der Waals surface area contributed by atoms with Gasteiger partial charge in [-0.3, -0.25) is 20.0 Å². The Morgan fingerprint density at radius 2 is 2.05 bits per heavy atom. The first kappa shape index (κ1) is 13.7. The van der Waals surface area contributed by atoms with Gasteiger partial charge in [0.1, 0.15) is 5.69 Å². The minimum Gasteiger partial charge on any atom is -0.336 e. The molecule has 1 amide bonds. The van der Waals surface area contributed by atoms with E-state index in [1.54, 1.807) is 7.05 Å². The van der Waals surface area contributed by atoms with Crippen molar-refractivity contribution in [1.82, 2.24) is 15.1 Å². The van der Waals surface area contributed by atoms with Crippen molar-refractivity contribution in [3.63, 3.8) is 0 Å². The number of amides is 1. The van der Waals surface area contributed by atoms with Crippen LogP contribution in [0, 0.1) is 17.0 Å². The summed E-state index contributed by atoms with van der Waals surface area (Å²) in [5.74, 6) is -0.482. The molecule has 0 aliphatic heterocycles. The molecule has 0 atom stereocenters. The molecule has 1 aromatic heterocycles. The predicted molar refractivity (Wildman–Crippen MR) is 72.2 cm³/mol. The van der Waals surface area contributed by atoms with E-state index in [2.05, 4.69) is 10.2 Å². The van der Waals surface area contributed by atoms with Crippen LogP contribution in [0.2, 0.25) is 0 Å². The van der Waals surface area contributed by atoms with Crippen molar-refractivity contribution in [2.24, 2.45) is 0 Å². The highest BCUT2D eigenvalue weighted by Gasteiger charge is 2.29. The number of carbonyl (C=O) groups is 1. The number of aromatic amines is 1. The highest BCUT2D eigenvalue weighted by Crippen LogP contribution is 2.21. The summed E-state index contributed by atoms with van der Waals surface area (Å²) in [5, 5.41) is 17.2. The summed E-state index contributed by atoms with van der Waals surface area (Å²) >= 11 is 0. The van der Waals surface area contributed by atoms with E-state index in [0.717, 1.165) is 5.56 Å². The maximum atomic E-state index is 12.2. The Morgan fingerprint density at radius 1 is 1.40 bits per heavy atom. The zero-order chi connectivity index (χ0) is 14.7. The van der Waals surface area contributed by atoms with Gasteiger partial charge in [-0.25, -0.2) is 0 Å². The van der Waals surface area contributed by atoms with Gasteiger partial charge in [-0.1, -0.05) is 30.3 Å². The van der Waals surface area contributed by atoms with Crippen LogP contribution < -0.4 is 0 Å². The van der Waals surface area contributed by atoms with E-state index in [1.807, 2.05) is 30.3 Å². The van der Waals surface area contributed by atoms with Crippen molar-refractivity contribution in [2.75, 3.05) is 7.05 Å². The van der Waals surface area contributed by atoms with Gasteiger partial charge in [0.2, 0.25) is 5.69 Å². The molecule has 0 aliphatic carbocycles. The minimum absolute atomic E-state index is 0.161. The molecular weight excluding hydrogens is 260 g/mol. The van der Waals surface area contributed by atoms with E-state index in [1.165, 1.54) is 11.8 Å². The number of nitrogens with zero attached hydrogens (tertiary/aromatic N) is 3. The average Bonchev–Trinajstić information content (AvgIpc) is 2.81. The molecule has 1 N–H and O–H groups in total. The largest absolute Gasteiger partial charge is 0.336 e. The van der Waals surface area contributed by atoms with E-state index in [0.29, 0.717) is 6.54 Å². The third kappa shape index (κ3) is 2.66. The summed E-state index contributed by atoms with van der Waals surface area (Å²) in [6.45, 7) is 1.88. The Kier molecular flexibility index (Phi) is 3.79. The lowest BCUT2D eigenvalue weighted by atomic mass is 10.2. The fraction of sp³-hybridized carbons (Fsp3) is 0.231. The molecule has 0 saturated heterocycles. The van der Waals surface area contributed by atoms with Crippen molar-refractivity contribution in [3.8, 4) is 0 Å². The topological polar surface area (TPSA) is 92.1 Å². The van der Waals surface area contributed by atoms with Crippen LogP contribution in [0.5, 0.6) is 0 Å². The lowest BCUT2D eigenvalue weighted by molar-refractivity contribution is -0.385. The van der Waals surface area contributed by atoms with Gasteiger partial charge in [0.05, 0.1) is 4.92 Å². The van der Waals surface area contributed by atoms with Crippen LogP contribution >= 0.6 is 0 Å². The molecule has 1 heterocycles. The zero-order valence-corrected chi connectivity index (χ0v) is 11.2. The van der Waals surface area contributed by atoms with Crippen LogP contribution in [0.3, 0.4) is 0 Å². The molecule has 0 bridgehead atoms. The van der Waals surface area contributed by atoms with E-state index >= 15 is 0 Å². The van der Waals surface area contributed by atoms with E-state index < -0.39 is 10.8 Å². The van der Waals surface area contributed by atoms with Gasteiger partial charge < -0.3 is 4.90 Å². The molecule has 0 spiro atoms. The van der Waals surface area contributed by atoms with Gasteiger partial charge in [-0.05, 0) is 12.5 Å². The summed E-state index contributed by atoms with van der Waals surface area (Å²) in [4.78, 5) is 24.0. The number of benzene rings is 1. The minimum atomic E-state index is -0.595. The number of aromatic nitrogens is 2. The molecule has 1 aromatic carbocycles. The van der Waals surface area contributed by atoms with Crippen LogP contribution in [0.4, 0.5) is 5.69 Å². The average molecular weight is 274 g/mol. The van der Waals surface area contributed by atoms with E-state index in [4.69, 9.17) is 0 Å². The fourth-order valence-electron chi connectivity index (χ4n) is 1.91. The maximum Gasteiger partial charge on any atom is 0.322 e. The second-order valence-corrected chi connectivity index (χ2v) is 4.45. The fourth-order valence-corrected chi connectivity index (χ4v) is 1.91. The molecule has 7 nitrogen and oxygen atoms in total. The van der Waals surface area contributed by atoms with Gasteiger partial charge in [0.25, 0.3) is 5.91 Å². The molecular formula is C13H14N4O3. The van der Waals surface area contributed by atoms with E-state index in [-0.39, 0.29) is 17.1 Å². The van der Waals surface area contributed by atoms with Crippen LogP contribution in [-0.2, 0) is 6.54 Å². The second kappa shape index (κ2) is 5.52. The molecule has 2 rings (SSSR count). The van der Waals surface area contributed by atoms with Crippen LogP contribution in [0.15, 0.2) is 30.3 Å². The SMILES string of the molecule is Cc1[nH]nc(C(=O)N(C)Cc2ccccc2)c1[N+](=O)[O-]. The molecule has 2 aromatic rings. The molecule has 0 unspecified atom stereocenters. The smallest absolute Gasteiger partial charge is 0.322 e. The number of H-pyrrole nitrogens is 1. The predicted octanol–water partition coefficient (Wildman–Crippen LogP) is 1.90. The summed E-state index contributed by atoms with van der Waals surface area (Å²) in [6.07, 6.45) is 0. The molecule has 104 valence electrons. The Labute approximate surface area is 115 Å². The van der Waals surface area contributed by atoms with Crippen molar-refractivity contribution < 1.29 is 9.72 Å². The highest BCUT2D eigenvalue weighted by atomic mass is 16.6. The normalized spacial score (nSPS) is 10.3. The number of hydrogen-bond donors (Lipinski definition) is 1. The van der Waals surface area contributed by atoms with Crippen molar-refractivity contribution in [1.29, 1.82) is 0 Å². The third-order valence-electron chi connectivity index (χ3n) is 2.91.